The molecule has 5 heteroatoms. The summed E-state index contributed by atoms with van der Waals surface area (Å²) in [6, 6.07) is 0. The van der Waals surface area contributed by atoms with E-state index in [0.29, 0.717) is 29.6 Å². The van der Waals surface area contributed by atoms with Gasteiger partial charge in [-0.05, 0) is 110 Å². The first-order chi connectivity index (χ1) is 18.0. The van der Waals surface area contributed by atoms with E-state index in [1.807, 2.05) is 0 Å². The molecule has 0 N–H and O–H groups in total. The van der Waals surface area contributed by atoms with E-state index in [1.165, 1.54) is 42.4 Å². The molecule has 3 nitrogen and oxygen atoms in total. The van der Waals surface area contributed by atoms with Gasteiger partial charge in [-0.2, -0.15) is 0 Å². The third-order valence-corrected chi connectivity index (χ3v) is 18.3. The maximum Gasteiger partial charge on any atom is 0.192 e. The highest BCUT2D eigenvalue weighted by atomic mass is 32.2. The first-order valence-electron chi connectivity index (χ1n) is 16.0. The van der Waals surface area contributed by atoms with Gasteiger partial charge in [0.05, 0.1) is 5.75 Å². The zero-order chi connectivity index (χ0) is 29.0. The standard InChI is InChI=1S/C34H58O3SSi/c1-23(2)24(3)13-14-25(4)30-17-18-31-26(12-11-19-34(30,31)8)20-32-29-21-28(37-39(9,10)33(5,6)7)16-15-27(29)22-38(32,35)36/h13-14,20,23-25,28,30-32H,11-12,15-19,21-22H2,1-10H3/b14-13+,26-20+/t24-,25+,28+,30+,31-,32?,34-/m1/s1. The van der Waals surface area contributed by atoms with Crippen LogP contribution in [0.1, 0.15) is 107 Å². The average Bonchev–Trinajstić information content (AvgIpc) is 3.29. The maximum atomic E-state index is 13.6. The van der Waals surface area contributed by atoms with Crippen molar-refractivity contribution in [2.75, 3.05) is 5.75 Å². The second kappa shape index (κ2) is 11.2. The molecule has 0 aromatic heterocycles. The summed E-state index contributed by atoms with van der Waals surface area (Å²) in [6.45, 7) is 23.4. The summed E-state index contributed by atoms with van der Waals surface area (Å²) >= 11 is 0. The van der Waals surface area contributed by atoms with Gasteiger partial charge in [0.1, 0.15) is 5.25 Å². The summed E-state index contributed by atoms with van der Waals surface area (Å²) < 4.78 is 34.0. The van der Waals surface area contributed by atoms with Crippen molar-refractivity contribution >= 4 is 18.2 Å². The van der Waals surface area contributed by atoms with Crippen LogP contribution in [0.15, 0.2) is 34.9 Å². The van der Waals surface area contributed by atoms with Crippen molar-refractivity contribution in [1.29, 1.82) is 0 Å². The van der Waals surface area contributed by atoms with Crippen LogP contribution >= 0.6 is 0 Å². The monoisotopic (exact) mass is 574 g/mol. The highest BCUT2D eigenvalue weighted by molar-refractivity contribution is 7.92. The Morgan fingerprint density at radius 3 is 2.36 bits per heavy atom. The van der Waals surface area contributed by atoms with Crippen LogP contribution in [0.5, 0.6) is 0 Å². The molecule has 0 bridgehead atoms. The largest absolute Gasteiger partial charge is 0.414 e. The number of fused-ring (bicyclic) bond motifs is 1. The van der Waals surface area contributed by atoms with E-state index in [9.17, 15) is 8.42 Å². The Morgan fingerprint density at radius 1 is 1.03 bits per heavy atom. The molecule has 7 atom stereocenters. The van der Waals surface area contributed by atoms with E-state index in [1.54, 1.807) is 0 Å². The molecular weight excluding hydrogens is 517 g/mol. The molecule has 1 aliphatic heterocycles. The van der Waals surface area contributed by atoms with Gasteiger partial charge in [0.25, 0.3) is 0 Å². The molecule has 4 aliphatic rings. The van der Waals surface area contributed by atoms with Crippen LogP contribution in [0.2, 0.25) is 18.1 Å². The first-order valence-corrected chi connectivity index (χ1v) is 20.6. The fraction of sp³-hybridized carbons (Fsp3) is 0.824. The Morgan fingerprint density at radius 2 is 1.72 bits per heavy atom. The molecule has 0 spiro atoms. The van der Waals surface area contributed by atoms with E-state index in [2.05, 4.69) is 86.7 Å². The van der Waals surface area contributed by atoms with Crippen molar-refractivity contribution in [3.63, 3.8) is 0 Å². The van der Waals surface area contributed by atoms with Crippen molar-refractivity contribution in [2.45, 2.75) is 136 Å². The van der Waals surface area contributed by atoms with Gasteiger partial charge in [-0.15, -0.1) is 0 Å². The summed E-state index contributed by atoms with van der Waals surface area (Å²) in [5, 5.41) is -0.255. The van der Waals surface area contributed by atoms with Gasteiger partial charge in [-0.25, -0.2) is 8.42 Å². The predicted molar refractivity (Wildman–Crippen MR) is 169 cm³/mol. The van der Waals surface area contributed by atoms with Crippen LogP contribution < -0.4 is 0 Å². The molecule has 1 heterocycles. The predicted octanol–water partition coefficient (Wildman–Crippen LogP) is 9.28. The summed E-state index contributed by atoms with van der Waals surface area (Å²) in [5.74, 6) is 3.31. The minimum absolute atomic E-state index is 0.159. The summed E-state index contributed by atoms with van der Waals surface area (Å²) in [4.78, 5) is 0. The molecule has 2 fully saturated rings. The molecule has 39 heavy (non-hydrogen) atoms. The Labute approximate surface area is 242 Å². The number of allylic oxidation sites excluding steroid dienone is 3. The first kappa shape index (κ1) is 31.3. The maximum absolute atomic E-state index is 13.6. The number of rotatable bonds is 7. The smallest absolute Gasteiger partial charge is 0.192 e. The Bertz CT molecular complexity index is 1110. The molecule has 0 aromatic carbocycles. The molecule has 222 valence electrons. The highest BCUT2D eigenvalue weighted by Crippen LogP contribution is 2.60. The van der Waals surface area contributed by atoms with Gasteiger partial charge in [0, 0.05) is 6.10 Å². The molecule has 0 aromatic rings. The van der Waals surface area contributed by atoms with Gasteiger partial charge in [0.2, 0.25) is 0 Å². The van der Waals surface area contributed by atoms with E-state index < -0.39 is 23.4 Å². The quantitative estimate of drug-likeness (QED) is 0.225. The normalized spacial score (nSPS) is 36.0. The minimum atomic E-state index is -3.18. The van der Waals surface area contributed by atoms with Gasteiger partial charge >= 0.3 is 0 Å². The van der Waals surface area contributed by atoms with Crippen LogP contribution in [0.25, 0.3) is 0 Å². The van der Waals surface area contributed by atoms with Gasteiger partial charge in [-0.1, -0.05) is 84.8 Å². The fourth-order valence-electron chi connectivity index (χ4n) is 7.96. The van der Waals surface area contributed by atoms with Gasteiger partial charge in [-0.3, -0.25) is 0 Å². The molecule has 2 saturated carbocycles. The number of hydrogen-bond donors (Lipinski definition) is 0. The van der Waals surface area contributed by atoms with E-state index in [-0.39, 0.29) is 22.3 Å². The van der Waals surface area contributed by atoms with Crippen LogP contribution in [0.3, 0.4) is 0 Å². The lowest BCUT2D eigenvalue weighted by Gasteiger charge is -2.44. The van der Waals surface area contributed by atoms with E-state index in [4.69, 9.17) is 4.43 Å². The molecule has 0 amide bonds. The summed E-state index contributed by atoms with van der Waals surface area (Å²) in [6.07, 6.45) is 16.0. The second-order valence-electron chi connectivity index (χ2n) is 15.8. The van der Waals surface area contributed by atoms with Crippen molar-refractivity contribution < 1.29 is 12.8 Å². The third kappa shape index (κ3) is 6.26. The highest BCUT2D eigenvalue weighted by Gasteiger charge is 2.51. The Balaban J connectivity index is 1.56. The molecular formula is C34H58O3SSi. The van der Waals surface area contributed by atoms with E-state index >= 15 is 0 Å². The zero-order valence-corrected chi connectivity index (χ0v) is 28.6. The molecule has 0 saturated heterocycles. The molecule has 1 unspecified atom stereocenters. The van der Waals surface area contributed by atoms with Gasteiger partial charge in [0.15, 0.2) is 18.2 Å². The van der Waals surface area contributed by atoms with Crippen LogP contribution in [0.4, 0.5) is 0 Å². The molecule has 0 radical (unpaired) electrons. The lowest BCUT2D eigenvalue weighted by Crippen LogP contribution is -2.44. The lowest BCUT2D eigenvalue weighted by atomic mass is 9.61. The van der Waals surface area contributed by atoms with Crippen molar-refractivity contribution in [3.8, 4) is 0 Å². The third-order valence-electron chi connectivity index (χ3n) is 11.9. The summed E-state index contributed by atoms with van der Waals surface area (Å²) in [5.41, 5.74) is 4.12. The average molecular weight is 575 g/mol. The molecule has 3 aliphatic carbocycles. The second-order valence-corrected chi connectivity index (χ2v) is 22.7. The van der Waals surface area contributed by atoms with Crippen molar-refractivity contribution in [2.24, 2.45) is 35.0 Å². The zero-order valence-electron chi connectivity index (χ0n) is 26.8. The number of sulfone groups is 1. The topological polar surface area (TPSA) is 43.4 Å². The van der Waals surface area contributed by atoms with Crippen LogP contribution in [-0.2, 0) is 14.3 Å². The fourth-order valence-corrected chi connectivity index (χ4v) is 11.4. The van der Waals surface area contributed by atoms with Crippen molar-refractivity contribution in [1.82, 2.24) is 0 Å². The lowest BCUT2D eigenvalue weighted by molar-refractivity contribution is 0.111. The minimum Gasteiger partial charge on any atom is -0.414 e. The van der Waals surface area contributed by atoms with Crippen molar-refractivity contribution in [3.05, 3.63) is 34.9 Å². The van der Waals surface area contributed by atoms with Crippen LogP contribution in [0, 0.1) is 35.0 Å². The molecule has 4 rings (SSSR count). The van der Waals surface area contributed by atoms with E-state index in [0.717, 1.165) is 25.7 Å². The van der Waals surface area contributed by atoms with Gasteiger partial charge < -0.3 is 4.43 Å². The number of hydrogen-bond acceptors (Lipinski definition) is 3. The SMILES string of the molecule is CC(C)[C@H](C)/C=C/[C@H](C)[C@@H]1CC[C@@H]2/C(=C/C3C4=C(CC[C@H](O[Si](C)(C)C(C)(C)C)C4)CS3(=O)=O)CCC[C@@]21C. The Kier molecular flexibility index (Phi) is 8.99. The summed E-state index contributed by atoms with van der Waals surface area (Å²) in [7, 11) is -5.07. The van der Waals surface area contributed by atoms with Crippen LogP contribution in [-0.4, -0.2) is 33.8 Å². The Hall–Kier alpha value is -0.653.